The topological polar surface area (TPSA) is 58.7 Å². The second-order valence-corrected chi connectivity index (χ2v) is 8.46. The van der Waals surface area contributed by atoms with E-state index in [1.54, 1.807) is 0 Å². The Morgan fingerprint density at radius 1 is 1.23 bits per heavy atom. The van der Waals surface area contributed by atoms with Crippen molar-refractivity contribution in [2.75, 3.05) is 0 Å². The van der Waals surface area contributed by atoms with Crippen molar-refractivity contribution >= 4 is 5.78 Å². The molecule has 26 heavy (non-hydrogen) atoms. The molecule has 4 nitrogen and oxygen atoms in total. The fourth-order valence-corrected chi connectivity index (χ4v) is 5.92. The van der Waals surface area contributed by atoms with Crippen molar-refractivity contribution in [2.45, 2.75) is 38.5 Å². The molecule has 0 radical (unpaired) electrons. The van der Waals surface area contributed by atoms with Crippen LogP contribution in [0.25, 0.3) is 11.3 Å². The first-order chi connectivity index (χ1) is 12.4. The lowest BCUT2D eigenvalue weighted by Crippen LogP contribution is -2.45. The summed E-state index contributed by atoms with van der Waals surface area (Å²) < 4.78 is 1.97. The van der Waals surface area contributed by atoms with E-state index < -0.39 is 5.41 Å². The van der Waals surface area contributed by atoms with Gasteiger partial charge >= 0.3 is 0 Å². The van der Waals surface area contributed by atoms with Crippen LogP contribution < -0.4 is 0 Å². The number of rotatable bonds is 1. The molecule has 1 spiro atoms. The van der Waals surface area contributed by atoms with Crippen molar-refractivity contribution < 1.29 is 4.79 Å². The number of Topliss-reactive ketones (excluding diaryl/α,β-unsaturated/α-hetero) is 1. The number of hydrogen-bond acceptors (Lipinski definition) is 3. The first-order valence-electron chi connectivity index (χ1n) is 9.17. The Bertz CT molecular complexity index is 1040. The molecule has 0 saturated heterocycles. The van der Waals surface area contributed by atoms with E-state index in [1.807, 2.05) is 42.9 Å². The Morgan fingerprint density at radius 2 is 1.96 bits per heavy atom. The molecular weight excluding hydrogens is 322 g/mol. The highest BCUT2D eigenvalue weighted by Gasteiger charge is 2.78. The van der Waals surface area contributed by atoms with Gasteiger partial charge in [0.05, 0.1) is 17.0 Å². The van der Waals surface area contributed by atoms with E-state index in [4.69, 9.17) is 5.10 Å². The summed E-state index contributed by atoms with van der Waals surface area (Å²) in [5, 5.41) is 14.5. The van der Waals surface area contributed by atoms with Crippen LogP contribution in [0.1, 0.15) is 37.9 Å². The molecule has 1 unspecified atom stereocenters. The minimum absolute atomic E-state index is 0.0279. The number of allylic oxidation sites excluding steroid dienone is 2. The quantitative estimate of drug-likeness (QED) is 0.793. The molecule has 1 aromatic heterocycles. The standard InChI is InChI=1S/C22H21N3O/c1-20-11-15(12-23)19(26)21(2)13-22(20,21)10-9-16-17(25(3)24-18(16)20)14-7-5-4-6-8-14/h4-8,11H,9-10,13H2,1-3H3/t20-,21?,22+/m1/s1. The number of carbonyl (C=O) groups is 1. The van der Waals surface area contributed by atoms with Crippen molar-refractivity contribution in [1.82, 2.24) is 9.78 Å². The number of nitriles is 1. The molecule has 1 saturated carbocycles. The summed E-state index contributed by atoms with van der Waals surface area (Å²) >= 11 is 0. The number of hydrogen-bond donors (Lipinski definition) is 0. The first-order valence-corrected chi connectivity index (χ1v) is 9.17. The summed E-state index contributed by atoms with van der Waals surface area (Å²) in [6.45, 7) is 4.23. The molecule has 0 amide bonds. The van der Waals surface area contributed by atoms with Gasteiger partial charge in [0, 0.05) is 29.0 Å². The highest BCUT2D eigenvalue weighted by atomic mass is 16.1. The summed E-state index contributed by atoms with van der Waals surface area (Å²) in [5.74, 6) is 0.0279. The van der Waals surface area contributed by atoms with E-state index in [-0.39, 0.29) is 16.6 Å². The Balaban J connectivity index is 1.78. The summed E-state index contributed by atoms with van der Waals surface area (Å²) in [5.41, 5.74) is 4.08. The highest BCUT2D eigenvalue weighted by molar-refractivity contribution is 6.07. The monoisotopic (exact) mass is 343 g/mol. The minimum atomic E-state index is -0.413. The number of ketones is 1. The third-order valence-electron chi connectivity index (χ3n) is 7.37. The molecule has 0 N–H and O–H groups in total. The average molecular weight is 343 g/mol. The third kappa shape index (κ3) is 1.51. The highest BCUT2D eigenvalue weighted by Crippen LogP contribution is 2.78. The van der Waals surface area contributed by atoms with Gasteiger partial charge in [-0.05, 0) is 31.6 Å². The van der Waals surface area contributed by atoms with E-state index in [0.717, 1.165) is 30.7 Å². The van der Waals surface area contributed by atoms with E-state index in [0.29, 0.717) is 5.57 Å². The van der Waals surface area contributed by atoms with Gasteiger partial charge in [0.15, 0.2) is 5.78 Å². The minimum Gasteiger partial charge on any atom is -0.293 e. The molecule has 3 aliphatic rings. The largest absolute Gasteiger partial charge is 0.293 e. The summed E-state index contributed by atoms with van der Waals surface area (Å²) in [6.07, 6.45) is 4.68. The fourth-order valence-electron chi connectivity index (χ4n) is 5.92. The zero-order chi connectivity index (χ0) is 18.3. The van der Waals surface area contributed by atoms with Crippen LogP contribution in [0, 0.1) is 22.2 Å². The number of aryl methyl sites for hydroxylation is 1. The van der Waals surface area contributed by atoms with Crippen LogP contribution in [0.4, 0.5) is 0 Å². The fraction of sp³-hybridized carbons (Fsp3) is 0.409. The van der Waals surface area contributed by atoms with Crippen molar-refractivity contribution in [1.29, 1.82) is 5.26 Å². The predicted octanol–water partition coefficient (Wildman–Crippen LogP) is 3.72. The zero-order valence-corrected chi connectivity index (χ0v) is 15.3. The number of aromatic nitrogens is 2. The second kappa shape index (κ2) is 4.54. The van der Waals surface area contributed by atoms with Crippen LogP contribution in [0.5, 0.6) is 0 Å². The van der Waals surface area contributed by atoms with Gasteiger partial charge in [-0.1, -0.05) is 43.3 Å². The third-order valence-corrected chi connectivity index (χ3v) is 7.37. The van der Waals surface area contributed by atoms with E-state index in [2.05, 4.69) is 25.1 Å². The molecular formula is C22H21N3O. The van der Waals surface area contributed by atoms with Gasteiger partial charge in [-0.25, -0.2) is 0 Å². The lowest BCUT2D eigenvalue weighted by Gasteiger charge is -2.44. The molecule has 5 rings (SSSR count). The average Bonchev–Trinajstić information content (AvgIpc) is 3.13. The van der Waals surface area contributed by atoms with Gasteiger partial charge in [-0.2, -0.15) is 10.4 Å². The molecule has 2 aromatic rings. The van der Waals surface area contributed by atoms with Crippen LogP contribution >= 0.6 is 0 Å². The second-order valence-electron chi connectivity index (χ2n) is 8.46. The van der Waals surface area contributed by atoms with Crippen LogP contribution in [0.15, 0.2) is 42.0 Å². The van der Waals surface area contributed by atoms with E-state index >= 15 is 0 Å². The molecule has 3 atom stereocenters. The van der Waals surface area contributed by atoms with Crippen molar-refractivity contribution in [2.24, 2.45) is 17.9 Å². The Kier molecular flexibility index (Phi) is 2.72. The maximum absolute atomic E-state index is 12.8. The normalized spacial score (nSPS) is 34.2. The number of fused-ring (bicyclic) bond motifs is 2. The van der Waals surface area contributed by atoms with Crippen molar-refractivity contribution in [3.63, 3.8) is 0 Å². The molecule has 0 aliphatic heterocycles. The molecule has 4 heteroatoms. The van der Waals surface area contributed by atoms with Gasteiger partial charge in [0.1, 0.15) is 6.07 Å². The van der Waals surface area contributed by atoms with Gasteiger partial charge in [0.2, 0.25) is 0 Å². The van der Waals surface area contributed by atoms with Gasteiger partial charge in [-0.15, -0.1) is 0 Å². The number of nitrogens with zero attached hydrogens (tertiary/aromatic N) is 3. The summed E-state index contributed by atoms with van der Waals surface area (Å²) in [7, 11) is 1.99. The van der Waals surface area contributed by atoms with Crippen LogP contribution in [-0.2, 0) is 23.7 Å². The summed E-state index contributed by atoms with van der Waals surface area (Å²) in [4.78, 5) is 12.8. The maximum Gasteiger partial charge on any atom is 0.179 e. The summed E-state index contributed by atoms with van der Waals surface area (Å²) in [6, 6.07) is 12.5. The SMILES string of the molecule is Cn1nc2c(c1-c1ccccc1)CC[C@@]13CC1(C)C(=O)C(C#N)=C[C@]23C. The lowest BCUT2D eigenvalue weighted by atomic mass is 9.57. The maximum atomic E-state index is 12.8. The van der Waals surface area contributed by atoms with Crippen molar-refractivity contribution in [3.05, 3.63) is 53.2 Å². The number of carbonyl (C=O) groups excluding carboxylic acids is 1. The van der Waals surface area contributed by atoms with Crippen LogP contribution in [0.2, 0.25) is 0 Å². The Morgan fingerprint density at radius 3 is 2.65 bits per heavy atom. The smallest absolute Gasteiger partial charge is 0.179 e. The van der Waals surface area contributed by atoms with Crippen LogP contribution in [0.3, 0.4) is 0 Å². The van der Waals surface area contributed by atoms with Gasteiger partial charge < -0.3 is 0 Å². The first kappa shape index (κ1) is 15.6. The van der Waals surface area contributed by atoms with Crippen molar-refractivity contribution in [3.8, 4) is 17.3 Å². The molecule has 1 aromatic carbocycles. The van der Waals surface area contributed by atoms with Gasteiger partial charge in [-0.3, -0.25) is 9.48 Å². The van der Waals surface area contributed by atoms with E-state index in [1.165, 1.54) is 11.1 Å². The molecule has 0 bridgehead atoms. The zero-order valence-electron chi connectivity index (χ0n) is 15.3. The number of benzene rings is 1. The van der Waals surface area contributed by atoms with Gasteiger partial charge in [0.25, 0.3) is 0 Å². The lowest BCUT2D eigenvalue weighted by molar-refractivity contribution is -0.122. The van der Waals surface area contributed by atoms with E-state index in [9.17, 15) is 10.1 Å². The predicted molar refractivity (Wildman–Crippen MR) is 98.2 cm³/mol. The molecule has 1 heterocycles. The Labute approximate surface area is 153 Å². The molecule has 1 fully saturated rings. The molecule has 130 valence electrons. The Hall–Kier alpha value is -2.67. The molecule has 3 aliphatic carbocycles. The van der Waals surface area contributed by atoms with Crippen LogP contribution in [-0.4, -0.2) is 15.6 Å².